The first-order valence-corrected chi connectivity index (χ1v) is 6.56. The molecule has 0 fully saturated rings. The summed E-state index contributed by atoms with van der Waals surface area (Å²) in [4.78, 5) is 22.7. The molecule has 0 saturated carbocycles. The fourth-order valence-corrected chi connectivity index (χ4v) is 2.36. The Kier molecular flexibility index (Phi) is 4.34. The van der Waals surface area contributed by atoms with Crippen molar-refractivity contribution in [2.24, 2.45) is 0 Å². The van der Waals surface area contributed by atoms with Crippen molar-refractivity contribution in [1.29, 1.82) is 0 Å². The number of rotatable bonds is 4. The van der Waals surface area contributed by atoms with Gasteiger partial charge in [0, 0.05) is 5.69 Å². The lowest BCUT2D eigenvalue weighted by molar-refractivity contribution is 0.0698. The van der Waals surface area contributed by atoms with Gasteiger partial charge in [0.25, 0.3) is 0 Å². The van der Waals surface area contributed by atoms with E-state index < -0.39 is 12.0 Å². The van der Waals surface area contributed by atoms with E-state index in [1.54, 1.807) is 29.6 Å². The van der Waals surface area contributed by atoms with Gasteiger partial charge in [-0.2, -0.15) is 0 Å². The molecule has 0 radical (unpaired) electrons. The third-order valence-corrected chi connectivity index (χ3v) is 3.32. The van der Waals surface area contributed by atoms with E-state index in [1.165, 1.54) is 6.07 Å². The number of aromatic carboxylic acids is 1. The maximum absolute atomic E-state index is 11.8. The van der Waals surface area contributed by atoms with Crippen molar-refractivity contribution in [2.45, 2.75) is 6.61 Å². The van der Waals surface area contributed by atoms with Crippen molar-refractivity contribution in [1.82, 2.24) is 0 Å². The number of urea groups is 1. The fraction of sp³-hybridized carbons (Fsp3) is 0.0769. The summed E-state index contributed by atoms with van der Waals surface area (Å²) < 4.78 is 0. The lowest BCUT2D eigenvalue weighted by atomic mass is 10.2. The van der Waals surface area contributed by atoms with Crippen LogP contribution in [0.3, 0.4) is 0 Å². The molecule has 0 atom stereocenters. The molecular formula is C13H12N2O4S. The fourth-order valence-electron chi connectivity index (χ4n) is 1.59. The third-order valence-electron chi connectivity index (χ3n) is 2.49. The first kappa shape index (κ1) is 14.0. The van der Waals surface area contributed by atoms with Crippen LogP contribution in [0.2, 0.25) is 0 Å². The molecule has 0 spiro atoms. The highest BCUT2D eigenvalue weighted by molar-refractivity contribution is 7.14. The highest BCUT2D eigenvalue weighted by Gasteiger charge is 2.13. The first-order chi connectivity index (χ1) is 9.60. The number of carbonyl (C=O) groups is 2. The standard InChI is InChI=1S/C13H12N2O4S/c16-7-8-2-1-3-9(6-8)14-13(19)15-11-10(12(17)18)4-5-20-11/h1-6,16H,7H2,(H,17,18)(H2,14,15,19). The molecule has 0 saturated heterocycles. The SMILES string of the molecule is O=C(Nc1cccc(CO)c1)Nc1sccc1C(=O)O. The van der Waals surface area contributed by atoms with Gasteiger partial charge in [0.15, 0.2) is 0 Å². The van der Waals surface area contributed by atoms with Gasteiger partial charge in [0.1, 0.15) is 5.00 Å². The molecule has 2 amide bonds. The van der Waals surface area contributed by atoms with Gasteiger partial charge in [-0.25, -0.2) is 9.59 Å². The largest absolute Gasteiger partial charge is 0.478 e. The van der Waals surface area contributed by atoms with Gasteiger partial charge >= 0.3 is 12.0 Å². The predicted molar refractivity (Wildman–Crippen MR) is 76.3 cm³/mol. The van der Waals surface area contributed by atoms with E-state index in [4.69, 9.17) is 10.2 Å². The molecule has 1 heterocycles. The lowest BCUT2D eigenvalue weighted by Gasteiger charge is -2.07. The normalized spacial score (nSPS) is 10.1. The van der Waals surface area contributed by atoms with Crippen LogP contribution in [-0.2, 0) is 6.61 Å². The Bertz CT molecular complexity index is 639. The Morgan fingerprint density at radius 1 is 1.20 bits per heavy atom. The molecule has 104 valence electrons. The number of aliphatic hydroxyl groups is 1. The van der Waals surface area contributed by atoms with Gasteiger partial charge in [0.05, 0.1) is 12.2 Å². The number of aliphatic hydroxyl groups excluding tert-OH is 1. The quantitative estimate of drug-likeness (QED) is 0.696. The Balaban J connectivity index is 2.05. The maximum Gasteiger partial charge on any atom is 0.338 e. The van der Waals surface area contributed by atoms with E-state index in [9.17, 15) is 9.59 Å². The molecular weight excluding hydrogens is 280 g/mol. The van der Waals surface area contributed by atoms with Crippen molar-refractivity contribution < 1.29 is 19.8 Å². The van der Waals surface area contributed by atoms with Crippen LogP contribution in [0.1, 0.15) is 15.9 Å². The second kappa shape index (κ2) is 6.18. The molecule has 0 bridgehead atoms. The summed E-state index contributed by atoms with van der Waals surface area (Å²) in [6, 6.07) is 7.62. The summed E-state index contributed by atoms with van der Waals surface area (Å²) in [5.74, 6) is -1.09. The minimum atomic E-state index is -1.09. The number of carboxylic acid groups (broad SMARTS) is 1. The highest BCUT2D eigenvalue weighted by Crippen LogP contribution is 2.23. The molecule has 1 aromatic carbocycles. The van der Waals surface area contributed by atoms with E-state index in [1.807, 2.05) is 0 Å². The van der Waals surface area contributed by atoms with Crippen LogP contribution in [0, 0.1) is 0 Å². The number of amides is 2. The predicted octanol–water partition coefficient (Wildman–Crippen LogP) is 2.58. The summed E-state index contributed by atoms with van der Waals surface area (Å²) >= 11 is 1.13. The van der Waals surface area contributed by atoms with Gasteiger partial charge in [0.2, 0.25) is 0 Å². The zero-order valence-electron chi connectivity index (χ0n) is 10.3. The zero-order valence-corrected chi connectivity index (χ0v) is 11.1. The maximum atomic E-state index is 11.8. The van der Waals surface area contributed by atoms with Crippen molar-refractivity contribution in [2.75, 3.05) is 10.6 Å². The zero-order chi connectivity index (χ0) is 14.5. The number of hydrogen-bond donors (Lipinski definition) is 4. The van der Waals surface area contributed by atoms with Crippen LogP contribution in [0.25, 0.3) is 0 Å². The van der Waals surface area contributed by atoms with Gasteiger partial charge in [-0.15, -0.1) is 11.3 Å². The summed E-state index contributed by atoms with van der Waals surface area (Å²) in [6.45, 7) is -0.120. The molecule has 0 aliphatic heterocycles. The summed E-state index contributed by atoms with van der Waals surface area (Å²) in [6.07, 6.45) is 0. The van der Waals surface area contributed by atoms with Crippen molar-refractivity contribution in [3.8, 4) is 0 Å². The molecule has 20 heavy (non-hydrogen) atoms. The van der Waals surface area contributed by atoms with Crippen LogP contribution in [-0.4, -0.2) is 22.2 Å². The average Bonchev–Trinajstić information content (AvgIpc) is 2.87. The number of nitrogens with one attached hydrogen (secondary N) is 2. The summed E-state index contributed by atoms with van der Waals surface area (Å²) in [7, 11) is 0. The third kappa shape index (κ3) is 3.34. The number of hydrogen-bond acceptors (Lipinski definition) is 4. The van der Waals surface area contributed by atoms with Gasteiger partial charge in [-0.3, -0.25) is 5.32 Å². The second-order valence-corrected chi connectivity index (χ2v) is 4.82. The molecule has 2 aromatic rings. The molecule has 6 nitrogen and oxygen atoms in total. The van der Waals surface area contributed by atoms with Crippen LogP contribution in [0.4, 0.5) is 15.5 Å². The van der Waals surface area contributed by atoms with Gasteiger partial charge in [-0.1, -0.05) is 12.1 Å². The Morgan fingerprint density at radius 2 is 2.00 bits per heavy atom. The smallest absolute Gasteiger partial charge is 0.338 e. The van der Waals surface area contributed by atoms with Crippen molar-refractivity contribution in [3.63, 3.8) is 0 Å². The number of benzene rings is 1. The van der Waals surface area contributed by atoms with Crippen LogP contribution in [0.5, 0.6) is 0 Å². The number of thiophene rings is 1. The highest BCUT2D eigenvalue weighted by atomic mass is 32.1. The molecule has 4 N–H and O–H groups in total. The number of carboxylic acids is 1. The van der Waals surface area contributed by atoms with Gasteiger partial charge < -0.3 is 15.5 Å². The Morgan fingerprint density at radius 3 is 2.70 bits per heavy atom. The Labute approximate surface area is 118 Å². The average molecular weight is 292 g/mol. The number of carbonyl (C=O) groups excluding carboxylic acids is 1. The van der Waals surface area contributed by atoms with E-state index in [2.05, 4.69) is 10.6 Å². The number of anilines is 2. The van der Waals surface area contributed by atoms with E-state index in [0.29, 0.717) is 11.3 Å². The van der Waals surface area contributed by atoms with E-state index >= 15 is 0 Å². The molecule has 1 aromatic heterocycles. The Hall–Kier alpha value is -2.38. The van der Waals surface area contributed by atoms with Crippen molar-refractivity contribution in [3.05, 3.63) is 46.8 Å². The first-order valence-electron chi connectivity index (χ1n) is 5.68. The second-order valence-electron chi connectivity index (χ2n) is 3.91. The van der Waals surface area contributed by atoms with Crippen LogP contribution >= 0.6 is 11.3 Å². The van der Waals surface area contributed by atoms with Crippen LogP contribution < -0.4 is 10.6 Å². The molecule has 2 rings (SSSR count). The summed E-state index contributed by atoms with van der Waals surface area (Å²) in [5.41, 5.74) is 1.24. The molecule has 0 aliphatic carbocycles. The molecule has 0 aliphatic rings. The topological polar surface area (TPSA) is 98.7 Å². The van der Waals surface area contributed by atoms with Crippen LogP contribution in [0.15, 0.2) is 35.7 Å². The van der Waals surface area contributed by atoms with E-state index in [-0.39, 0.29) is 17.2 Å². The molecule has 0 unspecified atom stereocenters. The molecule has 7 heteroatoms. The van der Waals surface area contributed by atoms with E-state index in [0.717, 1.165) is 11.3 Å². The summed E-state index contributed by atoms with van der Waals surface area (Å²) in [5, 5.41) is 24.9. The monoisotopic (exact) mass is 292 g/mol. The minimum absolute atomic E-state index is 0.0502. The lowest BCUT2D eigenvalue weighted by Crippen LogP contribution is -2.20. The van der Waals surface area contributed by atoms with Gasteiger partial charge in [-0.05, 0) is 29.1 Å². The van der Waals surface area contributed by atoms with Crippen molar-refractivity contribution >= 4 is 34.0 Å². The minimum Gasteiger partial charge on any atom is -0.478 e.